The third-order valence-corrected chi connectivity index (χ3v) is 9.62. The minimum absolute atomic E-state index is 0.163. The Labute approximate surface area is 332 Å². The summed E-state index contributed by atoms with van der Waals surface area (Å²) in [6.45, 7) is 2.79. The molecular formula is C37H19BF20O2S. The second kappa shape index (κ2) is 18.3. The molecule has 0 atom stereocenters. The van der Waals surface area contributed by atoms with Crippen molar-refractivity contribution in [3.63, 3.8) is 0 Å². The first kappa shape index (κ1) is 48.3. The zero-order valence-electron chi connectivity index (χ0n) is 30.3. The van der Waals surface area contributed by atoms with Crippen molar-refractivity contribution in [1.82, 2.24) is 0 Å². The lowest BCUT2D eigenvalue weighted by Crippen LogP contribution is -2.81. The Hall–Kier alpha value is -5.42. The topological polar surface area (TPSA) is 26.3 Å². The van der Waals surface area contributed by atoms with Crippen LogP contribution >= 0.6 is 0 Å². The Morgan fingerprint density at radius 2 is 0.656 bits per heavy atom. The lowest BCUT2D eigenvalue weighted by molar-refractivity contribution is 0.102. The second-order valence-corrected chi connectivity index (χ2v) is 15.0. The Balaban J connectivity index is 0.000000430. The lowest BCUT2D eigenvalue weighted by atomic mass is 9.12. The number of ketones is 1. The third kappa shape index (κ3) is 8.09. The maximum absolute atomic E-state index is 15.4. The summed E-state index contributed by atoms with van der Waals surface area (Å²) >= 11 is 0. The minimum atomic E-state index is -7.22. The van der Waals surface area contributed by atoms with Crippen molar-refractivity contribution in [3.05, 3.63) is 146 Å². The third-order valence-electron chi connectivity index (χ3n) is 8.78. The zero-order chi connectivity index (χ0) is 46.3. The molecule has 0 spiro atoms. The molecule has 0 bridgehead atoms. The Morgan fingerprint density at radius 1 is 0.426 bits per heavy atom. The fraction of sp³-hybridized carbons (Fsp3) is 0.162. The predicted octanol–water partition coefficient (Wildman–Crippen LogP) is 8.38. The summed E-state index contributed by atoms with van der Waals surface area (Å²) < 4.78 is 299. The highest BCUT2D eigenvalue weighted by molar-refractivity contribution is 7.96. The summed E-state index contributed by atoms with van der Waals surface area (Å²) in [5.74, 6) is -69.7. The van der Waals surface area contributed by atoms with Crippen LogP contribution in [0.2, 0.25) is 0 Å². The summed E-state index contributed by atoms with van der Waals surface area (Å²) in [5.41, 5.74) is -13.5. The minimum Gasteiger partial charge on any atom is -0.494 e. The van der Waals surface area contributed by atoms with E-state index in [0.717, 1.165) is 24.3 Å². The molecule has 0 N–H and O–H groups in total. The molecule has 5 rings (SSSR count). The first-order valence-electron chi connectivity index (χ1n) is 16.4. The first-order valence-corrected chi connectivity index (χ1v) is 18.6. The van der Waals surface area contributed by atoms with Gasteiger partial charge in [0.25, 0.3) is 0 Å². The number of carbonyl (C=O) groups is 1. The molecule has 328 valence electrons. The van der Waals surface area contributed by atoms with Crippen LogP contribution in [0.15, 0.2) is 24.3 Å². The van der Waals surface area contributed by atoms with E-state index in [1.165, 1.54) is 0 Å². The Kier molecular flexibility index (Phi) is 14.5. The smallest absolute Gasteiger partial charge is 0.211 e. The van der Waals surface area contributed by atoms with Crippen molar-refractivity contribution >= 4 is 44.7 Å². The summed E-state index contributed by atoms with van der Waals surface area (Å²) in [7, 11) is 0.163. The second-order valence-electron chi connectivity index (χ2n) is 12.7. The van der Waals surface area contributed by atoms with Crippen molar-refractivity contribution < 1.29 is 97.3 Å². The molecule has 2 nitrogen and oxygen atoms in total. The normalized spacial score (nSPS) is 11.6. The molecule has 0 saturated heterocycles. The van der Waals surface area contributed by atoms with Crippen molar-refractivity contribution in [2.75, 3.05) is 24.9 Å². The number of benzene rings is 5. The highest BCUT2D eigenvalue weighted by Crippen LogP contribution is 2.31. The van der Waals surface area contributed by atoms with Crippen LogP contribution in [0.25, 0.3) is 0 Å². The molecule has 61 heavy (non-hydrogen) atoms. The highest BCUT2D eigenvalue weighted by Gasteiger charge is 2.52. The first-order chi connectivity index (χ1) is 28.3. The van der Waals surface area contributed by atoms with E-state index in [0.29, 0.717) is 5.75 Å². The molecule has 5 aromatic carbocycles. The summed E-state index contributed by atoms with van der Waals surface area (Å²) in [4.78, 5) is 11.7. The average Bonchev–Trinajstić information content (AvgIpc) is 3.22. The zero-order valence-corrected chi connectivity index (χ0v) is 31.1. The SMILES string of the molecule is CCCOc1ccc(C(=O)C[S+](C)C)cc1.Fc1c(F)c(F)c([B-](c2c(F)c(F)c(F)c(F)c2F)(c2c(F)c(F)c(F)c(F)c2F)c2c(F)c(F)c(F)c(F)c2F)c(F)c1F. The Morgan fingerprint density at radius 3 is 0.869 bits per heavy atom. The van der Waals surface area contributed by atoms with Crippen LogP contribution in [-0.2, 0) is 10.9 Å². The number of rotatable bonds is 10. The average molecular weight is 918 g/mol. The van der Waals surface area contributed by atoms with Gasteiger partial charge in [0.05, 0.1) is 19.1 Å². The predicted molar refractivity (Wildman–Crippen MR) is 180 cm³/mol. The van der Waals surface area contributed by atoms with Crippen molar-refractivity contribution in [2.45, 2.75) is 13.3 Å². The van der Waals surface area contributed by atoms with E-state index in [-0.39, 0.29) is 16.7 Å². The molecule has 0 aliphatic rings. The molecule has 0 saturated carbocycles. The number of hydrogen-bond donors (Lipinski definition) is 0. The lowest BCUT2D eigenvalue weighted by Gasteiger charge is -2.44. The van der Waals surface area contributed by atoms with Gasteiger partial charge in [0, 0.05) is 5.56 Å². The van der Waals surface area contributed by atoms with E-state index in [4.69, 9.17) is 4.74 Å². The van der Waals surface area contributed by atoms with Gasteiger partial charge in [0.15, 0.2) is 75.6 Å². The van der Waals surface area contributed by atoms with E-state index in [9.17, 15) is 57.5 Å². The van der Waals surface area contributed by atoms with Crippen LogP contribution in [0.5, 0.6) is 5.75 Å². The standard InChI is InChI=1S/C24BF20.C13H19O2S/c26-5-1(6(27)14(35)21(42)13(5)34)25(2-7(28)15(36)22(43)16(37)8(2)29,3-9(30)17(38)23(44)18(39)10(3)31)4-11(32)19(40)24(45)20(41)12(4)33;1-4-9-15-12-7-5-11(6-8-12)13(14)10-16(2)3/h;5-8H,4,9-10H2,1-3H3/q-1;+1. The molecule has 0 aromatic heterocycles. The van der Waals surface area contributed by atoms with E-state index in [1.54, 1.807) is 0 Å². The maximum atomic E-state index is 15.4. The van der Waals surface area contributed by atoms with Crippen LogP contribution in [0.4, 0.5) is 87.8 Å². The van der Waals surface area contributed by atoms with Gasteiger partial charge in [-0.25, -0.2) is 87.8 Å². The number of carbonyl (C=O) groups excluding carboxylic acids is 1. The van der Waals surface area contributed by atoms with Crippen LogP contribution in [0.3, 0.4) is 0 Å². The molecule has 0 heterocycles. The van der Waals surface area contributed by atoms with E-state index in [2.05, 4.69) is 19.4 Å². The van der Waals surface area contributed by atoms with Gasteiger partial charge in [-0.05, 0) is 41.6 Å². The number of halogens is 20. The largest absolute Gasteiger partial charge is 0.494 e. The van der Waals surface area contributed by atoms with Gasteiger partial charge in [0.2, 0.25) is 5.78 Å². The number of Topliss-reactive ketones (excluding diaryl/α,β-unsaturated/α-hetero) is 1. The van der Waals surface area contributed by atoms with E-state index in [1.807, 2.05) is 24.3 Å². The quantitative estimate of drug-likeness (QED) is 0.0352. The number of hydrogen-bond acceptors (Lipinski definition) is 2. The highest BCUT2D eigenvalue weighted by atomic mass is 32.2. The van der Waals surface area contributed by atoms with Crippen molar-refractivity contribution in [2.24, 2.45) is 0 Å². The number of ether oxygens (including phenoxy) is 1. The molecule has 0 radical (unpaired) electrons. The molecule has 0 unspecified atom stereocenters. The molecule has 5 aromatic rings. The van der Waals surface area contributed by atoms with Crippen LogP contribution < -0.4 is 26.6 Å². The molecule has 0 amide bonds. The van der Waals surface area contributed by atoms with Crippen LogP contribution in [-0.4, -0.2) is 36.8 Å². The van der Waals surface area contributed by atoms with Gasteiger partial charge in [0.1, 0.15) is 58.4 Å². The van der Waals surface area contributed by atoms with E-state index >= 15 is 35.1 Å². The summed E-state index contributed by atoms with van der Waals surface area (Å²) in [6, 6.07) is 7.43. The fourth-order valence-electron chi connectivity index (χ4n) is 6.18. The van der Waals surface area contributed by atoms with Gasteiger partial charge in [-0.2, -0.15) is 0 Å². The van der Waals surface area contributed by atoms with Crippen molar-refractivity contribution in [3.8, 4) is 5.75 Å². The van der Waals surface area contributed by atoms with Crippen LogP contribution in [0, 0.1) is 116 Å². The molecule has 0 aliphatic heterocycles. The Bertz CT molecular complexity index is 2170. The van der Waals surface area contributed by atoms with E-state index < -0.39 is 144 Å². The van der Waals surface area contributed by atoms with Gasteiger partial charge >= 0.3 is 0 Å². The van der Waals surface area contributed by atoms with Gasteiger partial charge in [-0.15, -0.1) is 21.9 Å². The van der Waals surface area contributed by atoms with Gasteiger partial charge in [-0.1, -0.05) is 6.92 Å². The van der Waals surface area contributed by atoms with Crippen molar-refractivity contribution in [1.29, 1.82) is 0 Å². The van der Waals surface area contributed by atoms with Crippen LogP contribution in [0.1, 0.15) is 23.7 Å². The monoisotopic (exact) mass is 918 g/mol. The van der Waals surface area contributed by atoms with Gasteiger partial charge < -0.3 is 4.74 Å². The summed E-state index contributed by atoms with van der Waals surface area (Å²) in [6.07, 6.45) is -2.06. The fourth-order valence-corrected chi connectivity index (χ4v) is 6.87. The molecule has 0 fully saturated rings. The molecule has 0 aliphatic carbocycles. The maximum Gasteiger partial charge on any atom is 0.211 e. The molecular weight excluding hydrogens is 899 g/mol. The molecule has 24 heteroatoms. The van der Waals surface area contributed by atoms with Gasteiger partial charge in [-0.3, -0.25) is 4.79 Å². The summed E-state index contributed by atoms with van der Waals surface area (Å²) in [5, 5.41) is 0.